The summed E-state index contributed by atoms with van der Waals surface area (Å²) in [7, 11) is 0. The van der Waals surface area contributed by atoms with Crippen molar-refractivity contribution < 1.29 is 14.1 Å². The Morgan fingerprint density at radius 3 is 2.94 bits per heavy atom. The third kappa shape index (κ3) is 2.92. The van der Waals surface area contributed by atoms with Crippen LogP contribution in [0.5, 0.6) is 0 Å². The van der Waals surface area contributed by atoms with Gasteiger partial charge in [0, 0.05) is 24.5 Å². The van der Waals surface area contributed by atoms with Crippen LogP contribution in [0.3, 0.4) is 0 Å². The van der Waals surface area contributed by atoms with Crippen molar-refractivity contribution in [1.82, 2.24) is 10.1 Å². The maximum absolute atomic E-state index is 12.3. The SMILES string of the molecule is Cc1cc(C(=O)N2CC(CBr)OC(C)(C)C2)no1. The molecule has 1 aliphatic rings. The predicted octanol–water partition coefficient (Wildman–Crippen LogP) is 2.00. The van der Waals surface area contributed by atoms with E-state index in [-0.39, 0.29) is 17.6 Å². The van der Waals surface area contributed by atoms with Crippen LogP contribution in [0, 0.1) is 6.92 Å². The lowest BCUT2D eigenvalue weighted by atomic mass is 10.1. The Balaban J connectivity index is 2.14. The fraction of sp³-hybridized carbons (Fsp3) is 0.667. The largest absolute Gasteiger partial charge is 0.368 e. The summed E-state index contributed by atoms with van der Waals surface area (Å²) in [6, 6.07) is 1.66. The number of alkyl halides is 1. The van der Waals surface area contributed by atoms with E-state index in [1.807, 2.05) is 13.8 Å². The number of ether oxygens (including phenoxy) is 1. The summed E-state index contributed by atoms with van der Waals surface area (Å²) < 4.78 is 10.8. The number of nitrogens with zero attached hydrogens (tertiary/aromatic N) is 2. The van der Waals surface area contributed by atoms with Crippen LogP contribution in [0.15, 0.2) is 10.6 Å². The Morgan fingerprint density at radius 2 is 2.39 bits per heavy atom. The molecule has 5 nitrogen and oxygen atoms in total. The average Bonchev–Trinajstić information content (AvgIpc) is 2.72. The van der Waals surface area contributed by atoms with Gasteiger partial charge < -0.3 is 14.2 Å². The number of amides is 1. The fourth-order valence-electron chi connectivity index (χ4n) is 2.16. The Labute approximate surface area is 115 Å². The summed E-state index contributed by atoms with van der Waals surface area (Å²) in [5.41, 5.74) is 0.0176. The van der Waals surface area contributed by atoms with E-state index >= 15 is 0 Å². The molecule has 2 heterocycles. The van der Waals surface area contributed by atoms with Gasteiger partial charge in [0.2, 0.25) is 0 Å². The van der Waals surface area contributed by atoms with Crippen LogP contribution in [0.4, 0.5) is 0 Å². The van der Waals surface area contributed by atoms with Crippen LogP contribution < -0.4 is 0 Å². The highest BCUT2D eigenvalue weighted by atomic mass is 79.9. The van der Waals surface area contributed by atoms with Crippen LogP contribution in [0.1, 0.15) is 30.1 Å². The van der Waals surface area contributed by atoms with Crippen LogP contribution in [0.25, 0.3) is 0 Å². The van der Waals surface area contributed by atoms with E-state index in [1.165, 1.54) is 0 Å². The van der Waals surface area contributed by atoms with E-state index in [9.17, 15) is 4.79 Å². The molecule has 2 rings (SSSR count). The van der Waals surface area contributed by atoms with Crippen molar-refractivity contribution in [3.63, 3.8) is 0 Å². The average molecular weight is 317 g/mol. The van der Waals surface area contributed by atoms with Gasteiger partial charge in [-0.1, -0.05) is 21.1 Å². The van der Waals surface area contributed by atoms with Crippen LogP contribution >= 0.6 is 15.9 Å². The van der Waals surface area contributed by atoms with Crippen LogP contribution in [-0.4, -0.2) is 46.1 Å². The zero-order valence-electron chi connectivity index (χ0n) is 10.8. The summed E-state index contributed by atoms with van der Waals surface area (Å²) in [4.78, 5) is 14.1. The van der Waals surface area contributed by atoms with Gasteiger partial charge in [0.25, 0.3) is 5.91 Å². The number of carbonyl (C=O) groups is 1. The van der Waals surface area contributed by atoms with E-state index in [0.717, 1.165) is 0 Å². The fourth-order valence-corrected chi connectivity index (χ4v) is 2.50. The number of hydrogen-bond acceptors (Lipinski definition) is 4. The maximum Gasteiger partial charge on any atom is 0.276 e. The van der Waals surface area contributed by atoms with E-state index in [0.29, 0.717) is 29.9 Å². The molecule has 1 aliphatic heterocycles. The highest BCUT2D eigenvalue weighted by Gasteiger charge is 2.36. The Morgan fingerprint density at radius 1 is 1.67 bits per heavy atom. The van der Waals surface area contributed by atoms with E-state index in [4.69, 9.17) is 9.26 Å². The molecule has 1 fully saturated rings. The zero-order chi connectivity index (χ0) is 13.3. The second-order valence-corrected chi connectivity index (χ2v) is 5.81. The topological polar surface area (TPSA) is 55.6 Å². The van der Waals surface area contributed by atoms with Gasteiger partial charge in [0.1, 0.15) is 5.76 Å². The lowest BCUT2D eigenvalue weighted by Gasteiger charge is -2.42. The minimum Gasteiger partial charge on any atom is -0.368 e. The number of morpholine rings is 1. The Kier molecular flexibility index (Phi) is 3.77. The first kappa shape index (κ1) is 13.5. The molecule has 1 atom stereocenters. The first-order chi connectivity index (χ1) is 8.41. The van der Waals surface area contributed by atoms with Gasteiger partial charge in [-0.3, -0.25) is 4.79 Å². The number of hydrogen-bond donors (Lipinski definition) is 0. The molecule has 18 heavy (non-hydrogen) atoms. The van der Waals surface area contributed by atoms with Gasteiger partial charge in [0.15, 0.2) is 5.69 Å². The molecule has 1 amide bonds. The van der Waals surface area contributed by atoms with Crippen molar-refractivity contribution in [1.29, 1.82) is 0 Å². The predicted molar refractivity (Wildman–Crippen MR) is 69.9 cm³/mol. The molecule has 0 spiro atoms. The summed E-state index contributed by atoms with van der Waals surface area (Å²) in [5.74, 6) is 0.539. The van der Waals surface area contributed by atoms with Crippen molar-refractivity contribution >= 4 is 21.8 Å². The monoisotopic (exact) mass is 316 g/mol. The number of aryl methyl sites for hydroxylation is 1. The Hall–Kier alpha value is -0.880. The summed E-state index contributed by atoms with van der Waals surface area (Å²) in [5, 5.41) is 4.48. The number of aromatic nitrogens is 1. The second kappa shape index (κ2) is 5.01. The summed E-state index contributed by atoms with van der Waals surface area (Å²) in [6.07, 6.45) is 0.00528. The molecule has 0 N–H and O–H groups in total. The smallest absolute Gasteiger partial charge is 0.276 e. The molecular formula is C12H17BrN2O3. The molecule has 0 saturated carbocycles. The van der Waals surface area contributed by atoms with Crippen molar-refractivity contribution in [2.24, 2.45) is 0 Å². The maximum atomic E-state index is 12.3. The van der Waals surface area contributed by atoms with E-state index < -0.39 is 0 Å². The molecule has 1 aromatic rings. The third-order valence-corrected chi connectivity index (χ3v) is 3.51. The quantitative estimate of drug-likeness (QED) is 0.783. The van der Waals surface area contributed by atoms with E-state index in [1.54, 1.807) is 17.9 Å². The van der Waals surface area contributed by atoms with E-state index in [2.05, 4.69) is 21.1 Å². The highest BCUT2D eigenvalue weighted by molar-refractivity contribution is 9.09. The first-order valence-corrected chi connectivity index (χ1v) is 7.00. The van der Waals surface area contributed by atoms with Crippen molar-refractivity contribution in [3.05, 3.63) is 17.5 Å². The number of carbonyl (C=O) groups excluding carboxylic acids is 1. The van der Waals surface area contributed by atoms with Crippen LogP contribution in [0.2, 0.25) is 0 Å². The van der Waals surface area contributed by atoms with Crippen molar-refractivity contribution in [2.45, 2.75) is 32.5 Å². The van der Waals surface area contributed by atoms with Crippen molar-refractivity contribution in [3.8, 4) is 0 Å². The Bertz CT molecular complexity index is 444. The molecule has 0 aromatic carbocycles. The van der Waals surface area contributed by atoms with Gasteiger partial charge in [-0.05, 0) is 20.8 Å². The minimum absolute atomic E-state index is 0.00528. The third-order valence-electron chi connectivity index (χ3n) is 2.79. The second-order valence-electron chi connectivity index (χ2n) is 5.16. The summed E-state index contributed by atoms with van der Waals surface area (Å²) in [6.45, 7) is 6.86. The lowest BCUT2D eigenvalue weighted by Crippen LogP contribution is -2.55. The number of rotatable bonds is 2. The minimum atomic E-state index is -0.342. The molecular weight excluding hydrogens is 300 g/mol. The van der Waals surface area contributed by atoms with Gasteiger partial charge >= 0.3 is 0 Å². The van der Waals surface area contributed by atoms with Crippen molar-refractivity contribution in [2.75, 3.05) is 18.4 Å². The molecule has 0 bridgehead atoms. The number of halogens is 1. The molecule has 1 saturated heterocycles. The summed E-state index contributed by atoms with van der Waals surface area (Å²) >= 11 is 3.40. The lowest BCUT2D eigenvalue weighted by molar-refractivity contribution is -0.116. The molecule has 0 aliphatic carbocycles. The highest BCUT2D eigenvalue weighted by Crippen LogP contribution is 2.23. The standard InChI is InChI=1S/C12H17BrN2O3/c1-8-4-10(14-18-8)11(16)15-6-9(5-13)17-12(2,3)7-15/h4,9H,5-7H2,1-3H3. The molecule has 0 radical (unpaired) electrons. The molecule has 100 valence electrons. The normalized spacial score (nSPS) is 23.1. The van der Waals surface area contributed by atoms with Gasteiger partial charge in [-0.2, -0.15) is 0 Å². The zero-order valence-corrected chi connectivity index (χ0v) is 12.4. The molecule has 1 unspecified atom stereocenters. The first-order valence-electron chi connectivity index (χ1n) is 5.87. The van der Waals surface area contributed by atoms with Gasteiger partial charge in [-0.15, -0.1) is 0 Å². The van der Waals surface area contributed by atoms with Gasteiger partial charge in [0.05, 0.1) is 11.7 Å². The van der Waals surface area contributed by atoms with Crippen LogP contribution in [-0.2, 0) is 4.74 Å². The molecule has 1 aromatic heterocycles. The molecule has 6 heteroatoms. The van der Waals surface area contributed by atoms with Gasteiger partial charge in [-0.25, -0.2) is 0 Å².